The summed E-state index contributed by atoms with van der Waals surface area (Å²) < 4.78 is 23.5. The molecule has 1 aromatic heterocycles. The highest BCUT2D eigenvalue weighted by Gasteiger charge is 2.33. The van der Waals surface area contributed by atoms with E-state index in [1.807, 2.05) is 36.4 Å². The number of benzene rings is 3. The Morgan fingerprint density at radius 3 is 2.59 bits per heavy atom. The number of amides is 2. The molecule has 5 rings (SSSR count). The molecule has 2 heterocycles. The van der Waals surface area contributed by atoms with E-state index in [2.05, 4.69) is 15.6 Å². The van der Waals surface area contributed by atoms with Gasteiger partial charge in [0.1, 0.15) is 18.1 Å². The third-order valence-corrected chi connectivity index (χ3v) is 7.72. The minimum atomic E-state index is -1.05. The van der Waals surface area contributed by atoms with Crippen LogP contribution < -0.4 is 19.5 Å². The average Bonchev–Trinajstić information content (AvgIpc) is 3.72. The van der Waals surface area contributed by atoms with Crippen LogP contribution in [-0.2, 0) is 27.3 Å². The van der Waals surface area contributed by atoms with E-state index in [1.54, 1.807) is 32.4 Å². The number of phenolic OH excluding ortho intramolecular Hbond substituents is 1. The topological polar surface area (TPSA) is 137 Å². The van der Waals surface area contributed by atoms with Crippen molar-refractivity contribution in [2.45, 2.75) is 38.0 Å². The van der Waals surface area contributed by atoms with E-state index in [-0.39, 0.29) is 42.5 Å². The fraction of sp³-hybridized carbons (Fsp3) is 0.375. The SMILES string of the molecule is COc1cc([C@H](C(=O)NC[C@H]2CCCO2)N(CCc2ccc(OC)c(OC)c2)C(=O)Cn2nnc3ccccc32)ccc1O. The number of rotatable bonds is 13. The summed E-state index contributed by atoms with van der Waals surface area (Å²) in [6.07, 6.45) is 2.10. The van der Waals surface area contributed by atoms with Gasteiger partial charge in [-0.15, -0.1) is 5.10 Å². The minimum Gasteiger partial charge on any atom is -0.504 e. The lowest BCUT2D eigenvalue weighted by atomic mass is 10.0. The van der Waals surface area contributed by atoms with Crippen molar-refractivity contribution >= 4 is 22.8 Å². The summed E-state index contributed by atoms with van der Waals surface area (Å²) in [6, 6.07) is 16.5. The van der Waals surface area contributed by atoms with Gasteiger partial charge in [-0.1, -0.05) is 29.5 Å². The normalized spacial score (nSPS) is 15.1. The van der Waals surface area contributed by atoms with Crippen molar-refractivity contribution in [3.8, 4) is 23.0 Å². The first-order valence-electron chi connectivity index (χ1n) is 14.5. The van der Waals surface area contributed by atoms with Gasteiger partial charge >= 0.3 is 0 Å². The van der Waals surface area contributed by atoms with Crippen LogP contribution in [0.2, 0.25) is 0 Å². The largest absolute Gasteiger partial charge is 0.504 e. The first-order chi connectivity index (χ1) is 21.4. The molecule has 0 saturated carbocycles. The Balaban J connectivity index is 1.51. The molecule has 0 radical (unpaired) electrons. The van der Waals surface area contributed by atoms with E-state index in [0.29, 0.717) is 47.7 Å². The zero-order valence-electron chi connectivity index (χ0n) is 25.1. The number of hydrogen-bond donors (Lipinski definition) is 2. The molecule has 1 fully saturated rings. The maximum absolute atomic E-state index is 14.2. The quantitative estimate of drug-likeness (QED) is 0.236. The van der Waals surface area contributed by atoms with E-state index < -0.39 is 6.04 Å². The fourth-order valence-electron chi connectivity index (χ4n) is 5.39. The van der Waals surface area contributed by atoms with Gasteiger partial charge in [0.15, 0.2) is 23.0 Å². The van der Waals surface area contributed by atoms with E-state index >= 15 is 0 Å². The van der Waals surface area contributed by atoms with E-state index in [9.17, 15) is 14.7 Å². The highest BCUT2D eigenvalue weighted by molar-refractivity contribution is 5.89. The number of aromatic hydroxyl groups is 1. The third kappa shape index (κ3) is 6.86. The summed E-state index contributed by atoms with van der Waals surface area (Å²) in [7, 11) is 4.56. The number of aromatic nitrogens is 3. The summed E-state index contributed by atoms with van der Waals surface area (Å²) in [5.41, 5.74) is 2.72. The lowest BCUT2D eigenvalue weighted by molar-refractivity contribution is -0.141. The van der Waals surface area contributed by atoms with Gasteiger partial charge in [-0.3, -0.25) is 9.59 Å². The molecule has 0 aliphatic carbocycles. The summed E-state index contributed by atoms with van der Waals surface area (Å²) in [5, 5.41) is 21.7. The van der Waals surface area contributed by atoms with Gasteiger partial charge in [0.25, 0.3) is 0 Å². The van der Waals surface area contributed by atoms with Crippen LogP contribution in [0.3, 0.4) is 0 Å². The number of phenols is 1. The van der Waals surface area contributed by atoms with Crippen molar-refractivity contribution in [1.29, 1.82) is 0 Å². The first kappa shape index (κ1) is 30.6. The molecule has 0 bridgehead atoms. The molecular weight excluding hydrogens is 566 g/mol. The second-order valence-electron chi connectivity index (χ2n) is 10.5. The lowest BCUT2D eigenvalue weighted by Crippen LogP contribution is -2.47. The van der Waals surface area contributed by atoms with Gasteiger partial charge in [0, 0.05) is 19.7 Å². The maximum atomic E-state index is 14.2. The zero-order valence-corrected chi connectivity index (χ0v) is 25.1. The molecule has 3 aromatic carbocycles. The molecule has 2 atom stereocenters. The van der Waals surface area contributed by atoms with Crippen LogP contribution in [0.4, 0.5) is 0 Å². The van der Waals surface area contributed by atoms with Gasteiger partial charge in [-0.2, -0.15) is 0 Å². The highest BCUT2D eigenvalue weighted by atomic mass is 16.5. The molecule has 44 heavy (non-hydrogen) atoms. The number of carbonyl (C=O) groups excluding carboxylic acids is 2. The number of nitrogens with zero attached hydrogens (tertiary/aromatic N) is 4. The Kier molecular flexibility index (Phi) is 9.80. The van der Waals surface area contributed by atoms with Crippen LogP contribution in [0.5, 0.6) is 23.0 Å². The number of fused-ring (bicyclic) bond motifs is 1. The lowest BCUT2D eigenvalue weighted by Gasteiger charge is -2.32. The second-order valence-corrected chi connectivity index (χ2v) is 10.5. The number of ether oxygens (including phenoxy) is 4. The number of nitrogens with one attached hydrogen (secondary N) is 1. The van der Waals surface area contributed by atoms with Crippen LogP contribution >= 0.6 is 0 Å². The summed E-state index contributed by atoms with van der Waals surface area (Å²) in [6.45, 7) is 1.01. The van der Waals surface area contributed by atoms with Crippen LogP contribution in [0.15, 0.2) is 60.7 Å². The fourth-order valence-corrected chi connectivity index (χ4v) is 5.39. The molecule has 4 aromatic rings. The standard InChI is InChI=1S/C32H37N5O7/c1-41-27-13-10-21(17-29(27)43-3)14-15-36(30(39)20-37-25-9-5-4-8-24(25)34-35-37)31(22-11-12-26(38)28(18-22)42-2)32(40)33-19-23-7-6-16-44-23/h4-5,8-13,17-18,23,31,38H,6-7,14-16,19-20H2,1-3H3,(H,33,40)/t23-,31-/m1/s1. The van der Waals surface area contributed by atoms with Crippen LogP contribution in [0.25, 0.3) is 11.0 Å². The monoisotopic (exact) mass is 603 g/mol. The van der Waals surface area contributed by atoms with Crippen molar-refractivity contribution in [2.75, 3.05) is 41.0 Å². The van der Waals surface area contributed by atoms with Crippen LogP contribution in [-0.4, -0.2) is 83.9 Å². The first-order valence-corrected chi connectivity index (χ1v) is 14.5. The molecule has 2 amide bonds. The van der Waals surface area contributed by atoms with E-state index in [4.69, 9.17) is 18.9 Å². The van der Waals surface area contributed by atoms with Gasteiger partial charge in [0.2, 0.25) is 11.8 Å². The molecular formula is C32H37N5O7. The van der Waals surface area contributed by atoms with Crippen LogP contribution in [0.1, 0.15) is 30.0 Å². The van der Waals surface area contributed by atoms with Crippen molar-refractivity contribution in [1.82, 2.24) is 25.2 Å². The summed E-state index contributed by atoms with van der Waals surface area (Å²) in [5.74, 6) is 0.541. The van der Waals surface area contributed by atoms with Gasteiger partial charge < -0.3 is 34.3 Å². The Morgan fingerprint density at radius 2 is 1.84 bits per heavy atom. The molecule has 12 heteroatoms. The zero-order chi connectivity index (χ0) is 31.1. The Hall–Kier alpha value is -4.84. The molecule has 2 N–H and O–H groups in total. The van der Waals surface area contributed by atoms with Crippen molar-refractivity contribution in [3.05, 3.63) is 71.8 Å². The van der Waals surface area contributed by atoms with Crippen LogP contribution in [0, 0.1) is 0 Å². The molecule has 1 aliphatic heterocycles. The Bertz CT molecular complexity index is 1600. The van der Waals surface area contributed by atoms with Crippen molar-refractivity contribution in [3.63, 3.8) is 0 Å². The summed E-state index contributed by atoms with van der Waals surface area (Å²) in [4.78, 5) is 29.7. The van der Waals surface area contributed by atoms with Gasteiger partial charge in [-0.05, 0) is 66.8 Å². The smallest absolute Gasteiger partial charge is 0.247 e. The number of methoxy groups -OCH3 is 3. The van der Waals surface area contributed by atoms with E-state index in [1.165, 1.54) is 22.8 Å². The average molecular weight is 604 g/mol. The number of carbonyl (C=O) groups is 2. The van der Waals surface area contributed by atoms with Crippen molar-refractivity contribution < 1.29 is 33.6 Å². The second kappa shape index (κ2) is 14.1. The number of hydrogen-bond acceptors (Lipinski definition) is 9. The van der Waals surface area contributed by atoms with E-state index in [0.717, 1.165) is 18.4 Å². The Morgan fingerprint density at radius 1 is 1.05 bits per heavy atom. The molecule has 1 saturated heterocycles. The molecule has 232 valence electrons. The molecule has 12 nitrogen and oxygen atoms in total. The third-order valence-electron chi connectivity index (χ3n) is 7.72. The molecule has 0 unspecified atom stereocenters. The van der Waals surface area contributed by atoms with Crippen molar-refractivity contribution in [2.24, 2.45) is 0 Å². The predicted octanol–water partition coefficient (Wildman–Crippen LogP) is 3.27. The summed E-state index contributed by atoms with van der Waals surface area (Å²) >= 11 is 0. The minimum absolute atomic E-state index is 0.0768. The number of para-hydroxylation sites is 1. The predicted molar refractivity (Wildman–Crippen MR) is 162 cm³/mol. The molecule has 1 aliphatic rings. The van der Waals surface area contributed by atoms with Gasteiger partial charge in [-0.25, -0.2) is 4.68 Å². The Labute approximate surface area is 255 Å². The maximum Gasteiger partial charge on any atom is 0.247 e. The highest BCUT2D eigenvalue weighted by Crippen LogP contribution is 2.33. The molecule has 0 spiro atoms. The van der Waals surface area contributed by atoms with Gasteiger partial charge in [0.05, 0.1) is 33.0 Å².